The van der Waals surface area contributed by atoms with Gasteiger partial charge in [0, 0.05) is 17.3 Å². The first-order chi connectivity index (χ1) is 13.1. The van der Waals surface area contributed by atoms with E-state index in [2.05, 4.69) is 29.4 Å². The standard InChI is InChI=1S/C22H25N3O2/c1-3-6-19(15-9-11-16(12-10-15)27-4-2)25-20-13-14-24-21-17(20)7-5-8-18(21)22(23)26/h5,7-14,19H,3-4,6H2,1-2H3,(H2,23,26)(H,24,25)/t19-/m1/s1. The molecule has 3 N–H and O–H groups in total. The van der Waals surface area contributed by atoms with Crippen LogP contribution in [0.5, 0.6) is 5.75 Å². The molecular weight excluding hydrogens is 338 g/mol. The van der Waals surface area contributed by atoms with Crippen LogP contribution in [0, 0.1) is 0 Å². The highest BCUT2D eigenvalue weighted by molar-refractivity contribution is 6.07. The number of fused-ring (bicyclic) bond motifs is 1. The maximum atomic E-state index is 11.7. The number of aromatic nitrogens is 1. The summed E-state index contributed by atoms with van der Waals surface area (Å²) in [6, 6.07) is 15.8. The molecule has 0 aliphatic carbocycles. The summed E-state index contributed by atoms with van der Waals surface area (Å²) in [5.41, 5.74) is 8.69. The fourth-order valence-electron chi connectivity index (χ4n) is 3.26. The topological polar surface area (TPSA) is 77.2 Å². The number of ether oxygens (including phenoxy) is 1. The zero-order valence-corrected chi connectivity index (χ0v) is 15.7. The van der Waals surface area contributed by atoms with Gasteiger partial charge in [0.15, 0.2) is 0 Å². The van der Waals surface area contributed by atoms with Gasteiger partial charge in [-0.1, -0.05) is 37.6 Å². The molecule has 1 amide bonds. The van der Waals surface area contributed by atoms with E-state index in [1.807, 2.05) is 37.3 Å². The van der Waals surface area contributed by atoms with Crippen LogP contribution in [-0.2, 0) is 0 Å². The number of hydrogen-bond acceptors (Lipinski definition) is 4. The van der Waals surface area contributed by atoms with E-state index in [4.69, 9.17) is 10.5 Å². The predicted molar refractivity (Wildman–Crippen MR) is 109 cm³/mol. The van der Waals surface area contributed by atoms with Crippen molar-refractivity contribution in [3.63, 3.8) is 0 Å². The molecule has 1 heterocycles. The summed E-state index contributed by atoms with van der Waals surface area (Å²) in [4.78, 5) is 16.1. The van der Waals surface area contributed by atoms with Crippen molar-refractivity contribution in [2.24, 2.45) is 5.73 Å². The third-order valence-electron chi connectivity index (χ3n) is 4.54. The Morgan fingerprint density at radius 2 is 1.93 bits per heavy atom. The van der Waals surface area contributed by atoms with Crippen LogP contribution in [0.3, 0.4) is 0 Å². The van der Waals surface area contributed by atoms with Gasteiger partial charge in [-0.05, 0) is 43.2 Å². The number of rotatable bonds is 8. The maximum Gasteiger partial charge on any atom is 0.250 e. The normalized spacial score (nSPS) is 11.9. The van der Waals surface area contributed by atoms with Crippen molar-refractivity contribution in [2.75, 3.05) is 11.9 Å². The molecular formula is C22H25N3O2. The number of nitrogens with two attached hydrogens (primary N) is 1. The lowest BCUT2D eigenvalue weighted by atomic mass is 10.0. The second-order valence-corrected chi connectivity index (χ2v) is 6.41. The fourth-order valence-corrected chi connectivity index (χ4v) is 3.26. The number of carbonyl (C=O) groups is 1. The lowest BCUT2D eigenvalue weighted by Gasteiger charge is -2.21. The summed E-state index contributed by atoms with van der Waals surface area (Å²) in [5, 5.41) is 4.51. The van der Waals surface area contributed by atoms with Gasteiger partial charge >= 0.3 is 0 Å². The van der Waals surface area contributed by atoms with Crippen molar-refractivity contribution < 1.29 is 9.53 Å². The summed E-state index contributed by atoms with van der Waals surface area (Å²) in [6.45, 7) is 4.80. The quantitative estimate of drug-likeness (QED) is 0.609. The summed E-state index contributed by atoms with van der Waals surface area (Å²) < 4.78 is 5.54. The maximum absolute atomic E-state index is 11.7. The Labute approximate surface area is 159 Å². The predicted octanol–water partition coefficient (Wildman–Crippen LogP) is 4.69. The van der Waals surface area contributed by atoms with Crippen LogP contribution in [0.1, 0.15) is 48.7 Å². The van der Waals surface area contributed by atoms with Gasteiger partial charge in [-0.2, -0.15) is 0 Å². The number of carbonyl (C=O) groups excluding carboxylic acids is 1. The number of pyridine rings is 1. The van der Waals surface area contributed by atoms with Gasteiger partial charge in [-0.15, -0.1) is 0 Å². The van der Waals surface area contributed by atoms with E-state index in [1.165, 1.54) is 5.56 Å². The van der Waals surface area contributed by atoms with E-state index in [-0.39, 0.29) is 6.04 Å². The van der Waals surface area contributed by atoms with E-state index in [9.17, 15) is 4.79 Å². The number of amides is 1. The Balaban J connectivity index is 1.95. The Morgan fingerprint density at radius 1 is 1.15 bits per heavy atom. The average Bonchev–Trinajstić information content (AvgIpc) is 2.68. The monoisotopic (exact) mass is 363 g/mol. The second-order valence-electron chi connectivity index (χ2n) is 6.41. The molecule has 1 atom stereocenters. The minimum absolute atomic E-state index is 0.147. The molecule has 0 unspecified atom stereocenters. The van der Waals surface area contributed by atoms with Crippen molar-refractivity contribution in [3.8, 4) is 5.75 Å². The first-order valence-corrected chi connectivity index (χ1v) is 9.30. The SMILES string of the molecule is CCC[C@@H](Nc1ccnc2c(C(N)=O)cccc12)c1ccc(OCC)cc1. The lowest BCUT2D eigenvalue weighted by molar-refractivity contribution is 0.100. The van der Waals surface area contributed by atoms with Crippen LogP contribution in [0.15, 0.2) is 54.7 Å². The van der Waals surface area contributed by atoms with E-state index in [1.54, 1.807) is 12.3 Å². The van der Waals surface area contributed by atoms with Crippen molar-refractivity contribution in [3.05, 3.63) is 65.9 Å². The van der Waals surface area contributed by atoms with Gasteiger partial charge in [0.2, 0.25) is 0 Å². The van der Waals surface area contributed by atoms with Crippen LogP contribution in [0.4, 0.5) is 5.69 Å². The van der Waals surface area contributed by atoms with Crippen molar-refractivity contribution in [1.29, 1.82) is 0 Å². The molecule has 3 rings (SSSR count). The first-order valence-electron chi connectivity index (χ1n) is 9.30. The molecule has 5 nitrogen and oxygen atoms in total. The fraction of sp³-hybridized carbons (Fsp3) is 0.273. The van der Waals surface area contributed by atoms with Gasteiger partial charge in [0.05, 0.1) is 23.7 Å². The Hall–Kier alpha value is -3.08. The molecule has 0 saturated heterocycles. The Kier molecular flexibility index (Phi) is 5.91. The van der Waals surface area contributed by atoms with E-state index < -0.39 is 5.91 Å². The zero-order valence-electron chi connectivity index (χ0n) is 15.7. The Morgan fingerprint density at radius 3 is 2.59 bits per heavy atom. The Bertz CT molecular complexity index is 922. The number of primary amides is 1. The van der Waals surface area contributed by atoms with Crippen LogP contribution < -0.4 is 15.8 Å². The molecule has 0 radical (unpaired) electrons. The highest BCUT2D eigenvalue weighted by Gasteiger charge is 2.15. The third-order valence-corrected chi connectivity index (χ3v) is 4.54. The largest absolute Gasteiger partial charge is 0.494 e. The van der Waals surface area contributed by atoms with Gasteiger partial charge in [-0.3, -0.25) is 9.78 Å². The third kappa shape index (κ3) is 4.19. The van der Waals surface area contributed by atoms with Crippen molar-refractivity contribution in [1.82, 2.24) is 4.98 Å². The van der Waals surface area contributed by atoms with Crippen LogP contribution >= 0.6 is 0 Å². The molecule has 1 aromatic heterocycles. The number of para-hydroxylation sites is 1. The number of nitrogens with zero attached hydrogens (tertiary/aromatic N) is 1. The molecule has 0 aliphatic heterocycles. The second kappa shape index (κ2) is 8.54. The van der Waals surface area contributed by atoms with Crippen LogP contribution in [0.25, 0.3) is 10.9 Å². The molecule has 3 aromatic rings. The van der Waals surface area contributed by atoms with E-state index in [0.29, 0.717) is 17.7 Å². The smallest absolute Gasteiger partial charge is 0.250 e. The minimum atomic E-state index is -0.470. The molecule has 2 aromatic carbocycles. The van der Waals surface area contributed by atoms with Crippen LogP contribution in [0.2, 0.25) is 0 Å². The molecule has 140 valence electrons. The van der Waals surface area contributed by atoms with Crippen molar-refractivity contribution >= 4 is 22.5 Å². The van der Waals surface area contributed by atoms with Gasteiger partial charge in [-0.25, -0.2) is 0 Å². The lowest BCUT2D eigenvalue weighted by Crippen LogP contribution is -2.13. The minimum Gasteiger partial charge on any atom is -0.494 e. The highest BCUT2D eigenvalue weighted by atomic mass is 16.5. The number of anilines is 1. The van der Waals surface area contributed by atoms with Crippen molar-refractivity contribution in [2.45, 2.75) is 32.7 Å². The molecule has 27 heavy (non-hydrogen) atoms. The summed E-state index contributed by atoms with van der Waals surface area (Å²) in [7, 11) is 0. The number of nitrogens with one attached hydrogen (secondary N) is 1. The average molecular weight is 363 g/mol. The summed E-state index contributed by atoms with van der Waals surface area (Å²) in [5.74, 6) is 0.402. The van der Waals surface area contributed by atoms with Gasteiger partial charge < -0.3 is 15.8 Å². The molecule has 0 bridgehead atoms. The summed E-state index contributed by atoms with van der Waals surface area (Å²) >= 11 is 0. The van der Waals surface area contributed by atoms with Gasteiger partial charge in [0.25, 0.3) is 5.91 Å². The molecule has 5 heteroatoms. The van der Waals surface area contributed by atoms with E-state index in [0.717, 1.165) is 29.7 Å². The number of benzene rings is 2. The van der Waals surface area contributed by atoms with Crippen LogP contribution in [-0.4, -0.2) is 17.5 Å². The first kappa shape index (κ1) is 18.7. The van der Waals surface area contributed by atoms with E-state index >= 15 is 0 Å². The molecule has 0 aliphatic rings. The summed E-state index contributed by atoms with van der Waals surface area (Å²) in [6.07, 6.45) is 3.73. The zero-order chi connectivity index (χ0) is 19.2. The molecule has 0 saturated carbocycles. The highest BCUT2D eigenvalue weighted by Crippen LogP contribution is 2.30. The van der Waals surface area contributed by atoms with Gasteiger partial charge in [0.1, 0.15) is 5.75 Å². The molecule has 0 fully saturated rings. The molecule has 0 spiro atoms. The number of hydrogen-bond donors (Lipinski definition) is 2.